The van der Waals surface area contributed by atoms with Crippen LogP contribution in [0.15, 0.2) is 23.1 Å². The number of aliphatic hydroxyl groups is 1. The summed E-state index contributed by atoms with van der Waals surface area (Å²) in [6, 6.07) is 4.49. The maximum absolute atomic E-state index is 13.6. The molecule has 0 saturated heterocycles. The van der Waals surface area contributed by atoms with Crippen molar-refractivity contribution in [2.75, 3.05) is 32.6 Å². The molecule has 0 aliphatic heterocycles. The van der Waals surface area contributed by atoms with E-state index in [9.17, 15) is 28.7 Å². The average Bonchev–Trinajstić information content (AvgIpc) is 3.58. The van der Waals surface area contributed by atoms with Crippen LogP contribution in [0.25, 0.3) is 0 Å². The quantitative estimate of drug-likeness (QED) is 0.175. The van der Waals surface area contributed by atoms with E-state index in [0.29, 0.717) is 10.5 Å². The molecule has 0 amide bonds. The molecule has 0 radical (unpaired) electrons. The van der Waals surface area contributed by atoms with Gasteiger partial charge in [0.1, 0.15) is 11.4 Å². The summed E-state index contributed by atoms with van der Waals surface area (Å²) in [5, 5.41) is 11.1. The van der Waals surface area contributed by atoms with E-state index >= 15 is 0 Å². The number of fused-ring (bicyclic) bond motifs is 1. The maximum Gasteiger partial charge on any atom is 0.511 e. The summed E-state index contributed by atoms with van der Waals surface area (Å²) in [5.74, 6) is -5.48. The zero-order valence-electron chi connectivity index (χ0n) is 21.0. The SMILES string of the molecule is CCOC(=O)OCOC(=O)[C@@H]1C2[C@H]1[C@H](O)C(CSc1ccc(F)c(C)c1)[C@@]2(N)C(=O)OCOC(=O)OCC. The Bertz CT molecular complexity index is 1060. The lowest BCUT2D eigenvalue weighted by molar-refractivity contribution is -0.165. The van der Waals surface area contributed by atoms with E-state index in [4.69, 9.17) is 15.2 Å². The fourth-order valence-electron chi connectivity index (χ4n) is 4.70. The van der Waals surface area contributed by atoms with Gasteiger partial charge in [0.15, 0.2) is 0 Å². The third-order valence-electron chi connectivity index (χ3n) is 6.50. The van der Waals surface area contributed by atoms with Crippen LogP contribution in [0, 0.1) is 36.4 Å². The molecule has 1 aromatic rings. The number of hydrogen-bond acceptors (Lipinski definition) is 13. The van der Waals surface area contributed by atoms with Crippen LogP contribution in [0.5, 0.6) is 0 Å². The number of carbonyl (C=O) groups is 4. The molecule has 3 rings (SSSR count). The minimum absolute atomic E-state index is 0.0510. The Labute approximate surface area is 222 Å². The fourth-order valence-corrected chi connectivity index (χ4v) is 5.97. The molecule has 210 valence electrons. The number of ether oxygens (including phenoxy) is 6. The molecular weight excluding hydrogens is 529 g/mol. The first-order chi connectivity index (χ1) is 18.1. The highest BCUT2D eigenvalue weighted by Crippen LogP contribution is 2.64. The third-order valence-corrected chi connectivity index (χ3v) is 7.61. The smallest absolute Gasteiger partial charge is 0.435 e. The highest BCUT2D eigenvalue weighted by Gasteiger charge is 2.78. The molecule has 2 fully saturated rings. The Balaban J connectivity index is 1.71. The number of nitrogens with two attached hydrogens (primary N) is 1. The van der Waals surface area contributed by atoms with Gasteiger partial charge in [-0.05, 0) is 44.5 Å². The third kappa shape index (κ3) is 6.30. The van der Waals surface area contributed by atoms with Gasteiger partial charge in [0.25, 0.3) is 0 Å². The molecule has 14 heteroatoms. The van der Waals surface area contributed by atoms with Gasteiger partial charge in [-0.1, -0.05) is 0 Å². The average molecular weight is 560 g/mol. The van der Waals surface area contributed by atoms with Crippen molar-refractivity contribution >= 4 is 36.0 Å². The summed E-state index contributed by atoms with van der Waals surface area (Å²) in [4.78, 5) is 49.2. The molecule has 0 heterocycles. The minimum Gasteiger partial charge on any atom is -0.435 e. The van der Waals surface area contributed by atoms with Gasteiger partial charge in [0.2, 0.25) is 13.6 Å². The predicted molar refractivity (Wildman–Crippen MR) is 127 cm³/mol. The van der Waals surface area contributed by atoms with Crippen molar-refractivity contribution in [3.8, 4) is 0 Å². The number of aliphatic hydroxyl groups excluding tert-OH is 1. The molecule has 2 aliphatic carbocycles. The van der Waals surface area contributed by atoms with Crippen LogP contribution in [0.2, 0.25) is 0 Å². The highest BCUT2D eigenvalue weighted by molar-refractivity contribution is 7.99. The molecular formula is C24H30FNO11S. The van der Waals surface area contributed by atoms with E-state index in [2.05, 4.69) is 18.9 Å². The fraction of sp³-hybridized carbons (Fsp3) is 0.583. The Hall–Kier alpha value is -3.10. The summed E-state index contributed by atoms with van der Waals surface area (Å²) < 4.78 is 42.2. The predicted octanol–water partition coefficient (Wildman–Crippen LogP) is 2.12. The first kappa shape index (κ1) is 29.5. The molecule has 0 spiro atoms. The van der Waals surface area contributed by atoms with Crippen molar-refractivity contribution in [3.63, 3.8) is 0 Å². The van der Waals surface area contributed by atoms with Crippen molar-refractivity contribution < 1.29 is 57.1 Å². The molecule has 2 aliphatic rings. The van der Waals surface area contributed by atoms with Crippen molar-refractivity contribution in [2.45, 2.75) is 37.3 Å². The zero-order valence-corrected chi connectivity index (χ0v) is 21.9. The first-order valence-electron chi connectivity index (χ1n) is 11.8. The van der Waals surface area contributed by atoms with E-state index in [1.165, 1.54) is 17.8 Å². The number of esters is 2. The number of halogens is 1. The number of carbonyl (C=O) groups excluding carboxylic acids is 4. The lowest BCUT2D eigenvalue weighted by Crippen LogP contribution is -2.59. The second-order valence-electron chi connectivity index (χ2n) is 8.67. The molecule has 6 atom stereocenters. The van der Waals surface area contributed by atoms with Crippen LogP contribution < -0.4 is 5.73 Å². The second-order valence-corrected chi connectivity index (χ2v) is 9.76. The van der Waals surface area contributed by atoms with E-state index in [1.807, 2.05) is 0 Å². The summed E-state index contributed by atoms with van der Waals surface area (Å²) in [6.45, 7) is 3.36. The molecule has 12 nitrogen and oxygen atoms in total. The monoisotopic (exact) mass is 559 g/mol. The molecule has 3 N–H and O–H groups in total. The first-order valence-corrected chi connectivity index (χ1v) is 12.8. The van der Waals surface area contributed by atoms with Crippen LogP contribution in [-0.4, -0.2) is 73.6 Å². The van der Waals surface area contributed by atoms with Crippen molar-refractivity contribution in [3.05, 3.63) is 29.6 Å². The number of benzene rings is 1. The van der Waals surface area contributed by atoms with Gasteiger partial charge >= 0.3 is 24.2 Å². The van der Waals surface area contributed by atoms with Crippen molar-refractivity contribution in [1.82, 2.24) is 0 Å². The van der Waals surface area contributed by atoms with Gasteiger partial charge < -0.3 is 39.3 Å². The van der Waals surface area contributed by atoms with Gasteiger partial charge in [-0.15, -0.1) is 11.8 Å². The summed E-state index contributed by atoms with van der Waals surface area (Å²) >= 11 is 1.25. The number of thioether (sulfide) groups is 1. The standard InChI is InChI=1S/C24H30FNO11S/c1-4-32-22(30)36-10-34-20(28)17-16-18(17)24(26,21(29)35-11-37-23(31)33-5-2)14(19(16)27)9-38-13-6-7-15(25)12(3)8-13/h6-8,14,16-19,27H,4-5,9-11,26H2,1-3H3/t14?,16-,17-,18?,19+,24-/m0/s1. The Kier molecular flexibility index (Phi) is 9.79. The molecule has 2 saturated carbocycles. The van der Waals surface area contributed by atoms with Gasteiger partial charge in [0.05, 0.1) is 25.2 Å². The van der Waals surface area contributed by atoms with E-state index < -0.39 is 73.1 Å². The van der Waals surface area contributed by atoms with E-state index in [-0.39, 0.29) is 24.8 Å². The van der Waals surface area contributed by atoms with Gasteiger partial charge in [-0.2, -0.15) is 0 Å². The Morgan fingerprint density at radius 2 is 1.61 bits per heavy atom. The van der Waals surface area contributed by atoms with Crippen LogP contribution in [0.3, 0.4) is 0 Å². The summed E-state index contributed by atoms with van der Waals surface area (Å²) in [5.41, 5.74) is 5.14. The van der Waals surface area contributed by atoms with Gasteiger partial charge in [-0.25, -0.2) is 18.8 Å². The Morgan fingerprint density at radius 3 is 2.18 bits per heavy atom. The molecule has 0 aromatic heterocycles. The molecule has 1 aromatic carbocycles. The normalized spacial score (nSPS) is 27.1. The number of hydrogen-bond donors (Lipinski definition) is 2. The molecule has 0 bridgehead atoms. The van der Waals surface area contributed by atoms with Crippen molar-refractivity contribution in [2.24, 2.45) is 29.4 Å². The number of aryl methyl sites for hydroxylation is 1. The largest absolute Gasteiger partial charge is 0.511 e. The topological polar surface area (TPSA) is 170 Å². The highest BCUT2D eigenvalue weighted by atomic mass is 32.2. The van der Waals surface area contributed by atoms with E-state index in [0.717, 1.165) is 0 Å². The van der Waals surface area contributed by atoms with Gasteiger partial charge in [-0.3, -0.25) is 4.79 Å². The van der Waals surface area contributed by atoms with Crippen LogP contribution >= 0.6 is 11.8 Å². The Morgan fingerprint density at radius 1 is 1.00 bits per heavy atom. The second kappa shape index (κ2) is 12.6. The van der Waals surface area contributed by atoms with Crippen molar-refractivity contribution in [1.29, 1.82) is 0 Å². The maximum atomic E-state index is 13.6. The van der Waals surface area contributed by atoms with Crippen LogP contribution in [0.1, 0.15) is 19.4 Å². The van der Waals surface area contributed by atoms with Crippen LogP contribution in [0.4, 0.5) is 14.0 Å². The lowest BCUT2D eigenvalue weighted by Gasteiger charge is -2.34. The van der Waals surface area contributed by atoms with E-state index in [1.54, 1.807) is 32.9 Å². The molecule has 2 unspecified atom stereocenters. The number of rotatable bonds is 11. The zero-order chi connectivity index (χ0) is 28.0. The summed E-state index contributed by atoms with van der Waals surface area (Å²) in [6.07, 6.45) is -3.27. The minimum atomic E-state index is -1.85. The molecule has 38 heavy (non-hydrogen) atoms. The van der Waals surface area contributed by atoms with Crippen LogP contribution in [-0.2, 0) is 38.0 Å². The van der Waals surface area contributed by atoms with Gasteiger partial charge in [0, 0.05) is 28.4 Å². The summed E-state index contributed by atoms with van der Waals surface area (Å²) in [7, 11) is 0. The lowest BCUT2D eigenvalue weighted by atomic mass is 9.81.